The average Bonchev–Trinajstić information content (AvgIpc) is 3.38. The van der Waals surface area contributed by atoms with Crippen LogP contribution < -0.4 is 0 Å². The number of imidazole rings is 1. The summed E-state index contributed by atoms with van der Waals surface area (Å²) in [7, 11) is 2.15. The first-order valence-corrected chi connectivity index (χ1v) is 10.1. The molecule has 0 bridgehead atoms. The van der Waals surface area contributed by atoms with Crippen molar-refractivity contribution < 1.29 is 4.39 Å². The number of halogens is 2. The van der Waals surface area contributed by atoms with E-state index in [1.54, 1.807) is 6.07 Å². The van der Waals surface area contributed by atoms with Gasteiger partial charge in [0.1, 0.15) is 11.6 Å². The number of benzene rings is 2. The summed E-state index contributed by atoms with van der Waals surface area (Å²) in [6.07, 6.45) is 5.36. The van der Waals surface area contributed by atoms with Crippen LogP contribution in [0.15, 0.2) is 48.7 Å². The third-order valence-electron chi connectivity index (χ3n) is 5.29. The van der Waals surface area contributed by atoms with Crippen molar-refractivity contribution >= 4 is 11.6 Å². The number of nitrogens with zero attached hydrogens (tertiary/aromatic N) is 3. The van der Waals surface area contributed by atoms with Crippen molar-refractivity contribution in [2.75, 3.05) is 13.6 Å². The Morgan fingerprint density at radius 2 is 1.93 bits per heavy atom. The highest BCUT2D eigenvalue weighted by molar-refractivity contribution is 6.30. The topological polar surface area (TPSA) is 21.1 Å². The monoisotopic (exact) mass is 397 g/mol. The molecule has 1 fully saturated rings. The van der Waals surface area contributed by atoms with E-state index in [0.29, 0.717) is 11.4 Å². The van der Waals surface area contributed by atoms with Crippen LogP contribution in [0, 0.1) is 18.7 Å². The highest BCUT2D eigenvalue weighted by atomic mass is 35.5. The number of hydrogen-bond donors (Lipinski definition) is 0. The van der Waals surface area contributed by atoms with Gasteiger partial charge in [-0.15, -0.1) is 0 Å². The predicted molar refractivity (Wildman–Crippen MR) is 112 cm³/mol. The van der Waals surface area contributed by atoms with Gasteiger partial charge in [-0.2, -0.15) is 0 Å². The standard InChI is InChI=1S/C23H25ClFN3/c1-16-3-8-20(25)11-18(16)12-23-26-21(14-27(2)13-17-4-5-17)15-28(23)22-9-6-19(24)7-10-22/h3,6-11,15,17H,4-5,12-14H2,1-2H3. The fourth-order valence-electron chi connectivity index (χ4n) is 3.58. The molecule has 1 heterocycles. The molecule has 4 rings (SSSR count). The third kappa shape index (κ3) is 4.62. The van der Waals surface area contributed by atoms with Crippen LogP contribution in [0.25, 0.3) is 5.69 Å². The zero-order valence-corrected chi connectivity index (χ0v) is 17.1. The van der Waals surface area contributed by atoms with E-state index in [0.717, 1.165) is 47.3 Å². The summed E-state index contributed by atoms with van der Waals surface area (Å²) >= 11 is 6.06. The molecular weight excluding hydrogens is 373 g/mol. The highest BCUT2D eigenvalue weighted by Gasteiger charge is 2.23. The first-order valence-electron chi connectivity index (χ1n) is 9.74. The second-order valence-electron chi connectivity index (χ2n) is 7.88. The van der Waals surface area contributed by atoms with Gasteiger partial charge in [-0.1, -0.05) is 17.7 Å². The van der Waals surface area contributed by atoms with Gasteiger partial charge in [-0.25, -0.2) is 9.37 Å². The molecule has 0 unspecified atom stereocenters. The fraction of sp³-hybridized carbons (Fsp3) is 0.348. The largest absolute Gasteiger partial charge is 0.303 e. The van der Waals surface area contributed by atoms with E-state index in [2.05, 4.69) is 22.7 Å². The van der Waals surface area contributed by atoms with Crippen LogP contribution in [0.1, 0.15) is 35.5 Å². The zero-order valence-electron chi connectivity index (χ0n) is 16.3. The van der Waals surface area contributed by atoms with Gasteiger partial charge in [0.2, 0.25) is 0 Å². The fourth-order valence-corrected chi connectivity index (χ4v) is 3.71. The summed E-state index contributed by atoms with van der Waals surface area (Å²) in [6, 6.07) is 12.7. The van der Waals surface area contributed by atoms with Gasteiger partial charge in [0.05, 0.1) is 5.69 Å². The molecule has 0 aliphatic heterocycles. The van der Waals surface area contributed by atoms with Crippen LogP contribution in [0.2, 0.25) is 5.02 Å². The van der Waals surface area contributed by atoms with Crippen molar-refractivity contribution in [3.63, 3.8) is 0 Å². The Bertz CT molecular complexity index is 960. The van der Waals surface area contributed by atoms with Crippen molar-refractivity contribution in [3.05, 3.63) is 82.1 Å². The average molecular weight is 398 g/mol. The maximum atomic E-state index is 13.8. The van der Waals surface area contributed by atoms with E-state index >= 15 is 0 Å². The van der Waals surface area contributed by atoms with Crippen LogP contribution in [0.4, 0.5) is 4.39 Å². The van der Waals surface area contributed by atoms with E-state index in [1.165, 1.54) is 18.9 Å². The molecule has 146 valence electrons. The van der Waals surface area contributed by atoms with Crippen molar-refractivity contribution in [3.8, 4) is 5.69 Å². The summed E-state index contributed by atoms with van der Waals surface area (Å²) in [4.78, 5) is 7.25. The molecule has 5 heteroatoms. The minimum Gasteiger partial charge on any atom is -0.303 e. The van der Waals surface area contributed by atoms with E-state index in [1.807, 2.05) is 37.3 Å². The Labute approximate surface area is 170 Å². The number of aromatic nitrogens is 2. The molecule has 3 nitrogen and oxygen atoms in total. The van der Waals surface area contributed by atoms with Crippen molar-refractivity contribution in [2.45, 2.75) is 32.7 Å². The van der Waals surface area contributed by atoms with Gasteiger partial charge >= 0.3 is 0 Å². The van der Waals surface area contributed by atoms with Crippen molar-refractivity contribution in [1.82, 2.24) is 14.5 Å². The Kier molecular flexibility index (Phi) is 5.51. The SMILES string of the molecule is Cc1ccc(F)cc1Cc1nc(CN(C)CC2CC2)cn1-c1ccc(Cl)cc1. The summed E-state index contributed by atoms with van der Waals surface area (Å²) in [5.41, 5.74) is 4.07. The van der Waals surface area contributed by atoms with Gasteiger partial charge in [0.15, 0.2) is 0 Å². The Hall–Kier alpha value is -2.17. The van der Waals surface area contributed by atoms with E-state index in [9.17, 15) is 4.39 Å². The first-order chi connectivity index (χ1) is 13.5. The normalized spacial score (nSPS) is 14.0. The first kappa shape index (κ1) is 19.2. The second kappa shape index (κ2) is 8.06. The smallest absolute Gasteiger partial charge is 0.123 e. The minimum atomic E-state index is -0.213. The lowest BCUT2D eigenvalue weighted by molar-refractivity contribution is 0.310. The lowest BCUT2D eigenvalue weighted by Crippen LogP contribution is -2.20. The maximum Gasteiger partial charge on any atom is 0.123 e. The molecule has 0 amide bonds. The summed E-state index contributed by atoms with van der Waals surface area (Å²) in [6.45, 7) is 3.94. The second-order valence-corrected chi connectivity index (χ2v) is 8.32. The number of hydrogen-bond acceptors (Lipinski definition) is 2. The Morgan fingerprint density at radius 3 is 2.64 bits per heavy atom. The van der Waals surface area contributed by atoms with E-state index < -0.39 is 0 Å². The van der Waals surface area contributed by atoms with Gasteiger partial charge in [-0.3, -0.25) is 0 Å². The van der Waals surface area contributed by atoms with Crippen molar-refractivity contribution in [1.29, 1.82) is 0 Å². The van der Waals surface area contributed by atoms with Crippen LogP contribution in [0.3, 0.4) is 0 Å². The van der Waals surface area contributed by atoms with E-state index in [4.69, 9.17) is 16.6 Å². The Morgan fingerprint density at radius 1 is 1.18 bits per heavy atom. The number of aryl methyl sites for hydroxylation is 1. The molecule has 0 radical (unpaired) electrons. The highest BCUT2D eigenvalue weighted by Crippen LogP contribution is 2.29. The molecule has 3 aromatic rings. The lowest BCUT2D eigenvalue weighted by atomic mass is 10.1. The summed E-state index contributed by atoms with van der Waals surface area (Å²) < 4.78 is 15.9. The van der Waals surface area contributed by atoms with Crippen LogP contribution in [0.5, 0.6) is 0 Å². The van der Waals surface area contributed by atoms with Gasteiger partial charge < -0.3 is 9.47 Å². The van der Waals surface area contributed by atoms with Crippen LogP contribution in [-0.4, -0.2) is 28.0 Å². The van der Waals surface area contributed by atoms with Gasteiger partial charge in [0, 0.05) is 36.4 Å². The molecule has 0 N–H and O–H groups in total. The number of rotatable bonds is 7. The molecule has 1 aliphatic carbocycles. The van der Waals surface area contributed by atoms with Crippen LogP contribution >= 0.6 is 11.6 Å². The van der Waals surface area contributed by atoms with Crippen LogP contribution in [-0.2, 0) is 13.0 Å². The van der Waals surface area contributed by atoms with E-state index in [-0.39, 0.29) is 5.82 Å². The lowest BCUT2D eigenvalue weighted by Gasteiger charge is -2.14. The molecule has 0 spiro atoms. The van der Waals surface area contributed by atoms with Gasteiger partial charge in [0.25, 0.3) is 0 Å². The summed E-state index contributed by atoms with van der Waals surface area (Å²) in [5, 5.41) is 0.704. The maximum absolute atomic E-state index is 13.8. The molecule has 1 aliphatic rings. The third-order valence-corrected chi connectivity index (χ3v) is 5.54. The predicted octanol–water partition coefficient (Wildman–Crippen LogP) is 5.41. The molecule has 1 aromatic heterocycles. The Balaban J connectivity index is 1.65. The quantitative estimate of drug-likeness (QED) is 0.531. The zero-order chi connectivity index (χ0) is 19.7. The van der Waals surface area contributed by atoms with Crippen molar-refractivity contribution in [2.24, 2.45) is 5.92 Å². The van der Waals surface area contributed by atoms with Gasteiger partial charge in [-0.05, 0) is 80.3 Å². The summed E-state index contributed by atoms with van der Waals surface area (Å²) in [5.74, 6) is 1.54. The minimum absolute atomic E-state index is 0.213. The molecule has 0 atom stereocenters. The molecule has 28 heavy (non-hydrogen) atoms. The molecule has 2 aromatic carbocycles. The molecule has 0 saturated heterocycles. The molecule has 1 saturated carbocycles. The molecular formula is C23H25ClFN3.